The van der Waals surface area contributed by atoms with Crippen LogP contribution in [0, 0.1) is 0 Å². The average Bonchev–Trinajstić information content (AvgIpc) is 2.21. The number of rotatable bonds is 2. The minimum absolute atomic E-state index is 0.349. The van der Waals surface area contributed by atoms with E-state index < -0.39 is 5.97 Å². The Morgan fingerprint density at radius 3 is 2.08 bits per heavy atom. The fourth-order valence-corrected chi connectivity index (χ4v) is 0.883. The Balaban J connectivity index is 0.000000671. The van der Waals surface area contributed by atoms with E-state index in [2.05, 4.69) is 13.2 Å². The zero-order chi connectivity index (χ0) is 10.3. The van der Waals surface area contributed by atoms with Gasteiger partial charge in [-0.15, -0.1) is 13.2 Å². The van der Waals surface area contributed by atoms with Crippen LogP contribution in [0.1, 0.15) is 22.8 Å². The number of hydrogen-bond donors (Lipinski definition) is 1. The molecule has 0 amide bonds. The molecule has 0 unspecified atom stereocenters. The van der Waals surface area contributed by atoms with Crippen molar-refractivity contribution in [1.29, 1.82) is 0 Å². The van der Waals surface area contributed by atoms with Crippen molar-refractivity contribution in [1.82, 2.24) is 0 Å². The topological polar surface area (TPSA) is 37.3 Å². The van der Waals surface area contributed by atoms with E-state index in [-0.39, 0.29) is 0 Å². The van der Waals surface area contributed by atoms with Crippen molar-refractivity contribution in [2.45, 2.75) is 13.3 Å². The Bertz CT molecular complexity index is 262. The summed E-state index contributed by atoms with van der Waals surface area (Å²) in [7, 11) is 0. The minimum atomic E-state index is -0.868. The zero-order valence-corrected chi connectivity index (χ0v) is 7.79. The zero-order valence-electron chi connectivity index (χ0n) is 7.79. The van der Waals surface area contributed by atoms with Crippen LogP contribution in [0.2, 0.25) is 0 Å². The molecule has 0 saturated heterocycles. The summed E-state index contributed by atoms with van der Waals surface area (Å²) in [6.45, 7) is 8.04. The van der Waals surface area contributed by atoms with Crippen molar-refractivity contribution >= 4 is 5.97 Å². The van der Waals surface area contributed by atoms with Gasteiger partial charge in [0.05, 0.1) is 5.56 Å². The maximum atomic E-state index is 10.4. The van der Waals surface area contributed by atoms with E-state index in [0.29, 0.717) is 5.56 Å². The summed E-state index contributed by atoms with van der Waals surface area (Å²) in [4.78, 5) is 10.4. The molecule has 0 bridgehead atoms. The number of aromatic carboxylic acids is 1. The lowest BCUT2D eigenvalue weighted by molar-refractivity contribution is 0.0697. The van der Waals surface area contributed by atoms with Gasteiger partial charge in [0.1, 0.15) is 0 Å². The quantitative estimate of drug-likeness (QED) is 0.707. The van der Waals surface area contributed by atoms with E-state index >= 15 is 0 Å². The molecule has 0 heterocycles. The van der Waals surface area contributed by atoms with Crippen LogP contribution in [0.5, 0.6) is 0 Å². The molecule has 0 aromatic heterocycles. The van der Waals surface area contributed by atoms with E-state index in [1.165, 1.54) is 0 Å². The number of carbonyl (C=O) groups is 1. The van der Waals surface area contributed by atoms with E-state index in [4.69, 9.17) is 5.11 Å². The lowest BCUT2D eigenvalue weighted by Gasteiger charge is -1.96. The van der Waals surface area contributed by atoms with Gasteiger partial charge < -0.3 is 5.11 Å². The highest BCUT2D eigenvalue weighted by Gasteiger charge is 1.99. The molecule has 0 radical (unpaired) electrons. The third kappa shape index (κ3) is 3.56. The molecule has 13 heavy (non-hydrogen) atoms. The van der Waals surface area contributed by atoms with Crippen molar-refractivity contribution in [3.8, 4) is 0 Å². The third-order valence-corrected chi connectivity index (χ3v) is 1.61. The molecule has 0 fully saturated rings. The second kappa shape index (κ2) is 6.00. The van der Waals surface area contributed by atoms with Crippen LogP contribution in [0.25, 0.3) is 0 Å². The summed E-state index contributed by atoms with van der Waals surface area (Å²) in [6, 6.07) is 6.93. The van der Waals surface area contributed by atoms with Gasteiger partial charge in [-0.05, 0) is 24.1 Å². The number of aryl methyl sites for hydroxylation is 1. The normalized spacial score (nSPS) is 8.38. The molecule has 1 rings (SSSR count). The molecule has 2 heteroatoms. The largest absolute Gasteiger partial charge is 0.478 e. The molecule has 1 N–H and O–H groups in total. The molecular formula is C11H14O2. The first-order valence-electron chi connectivity index (χ1n) is 4.06. The Morgan fingerprint density at radius 2 is 1.77 bits per heavy atom. The van der Waals surface area contributed by atoms with Gasteiger partial charge in [-0.2, -0.15) is 0 Å². The minimum Gasteiger partial charge on any atom is -0.478 e. The van der Waals surface area contributed by atoms with Gasteiger partial charge >= 0.3 is 5.97 Å². The second-order valence-electron chi connectivity index (χ2n) is 2.36. The lowest BCUT2D eigenvalue weighted by atomic mass is 10.1. The van der Waals surface area contributed by atoms with Crippen molar-refractivity contribution in [2.24, 2.45) is 0 Å². The monoisotopic (exact) mass is 178 g/mol. The van der Waals surface area contributed by atoms with Gasteiger partial charge in [-0.25, -0.2) is 4.79 Å². The van der Waals surface area contributed by atoms with Crippen LogP contribution in [0.4, 0.5) is 0 Å². The van der Waals surface area contributed by atoms with Crippen molar-refractivity contribution in [2.75, 3.05) is 0 Å². The third-order valence-electron chi connectivity index (χ3n) is 1.61. The van der Waals surface area contributed by atoms with Gasteiger partial charge in [0.15, 0.2) is 0 Å². The highest BCUT2D eigenvalue weighted by molar-refractivity contribution is 5.87. The molecule has 1 aromatic rings. The average molecular weight is 178 g/mol. The predicted octanol–water partition coefficient (Wildman–Crippen LogP) is 2.75. The molecular weight excluding hydrogens is 164 g/mol. The van der Waals surface area contributed by atoms with Crippen molar-refractivity contribution in [3.05, 3.63) is 48.6 Å². The maximum absolute atomic E-state index is 10.4. The Morgan fingerprint density at radius 1 is 1.31 bits per heavy atom. The maximum Gasteiger partial charge on any atom is 0.335 e. The molecule has 1 aromatic carbocycles. The van der Waals surface area contributed by atoms with Crippen molar-refractivity contribution in [3.63, 3.8) is 0 Å². The number of carboxylic acid groups (broad SMARTS) is 1. The first kappa shape index (κ1) is 11.4. The summed E-state index contributed by atoms with van der Waals surface area (Å²) in [5, 5.41) is 8.55. The summed E-state index contributed by atoms with van der Waals surface area (Å²) in [6.07, 6.45) is 0.944. The smallest absolute Gasteiger partial charge is 0.335 e. The van der Waals surface area contributed by atoms with Gasteiger partial charge in [0.25, 0.3) is 0 Å². The van der Waals surface area contributed by atoms with Crippen molar-refractivity contribution < 1.29 is 9.90 Å². The highest BCUT2D eigenvalue weighted by Crippen LogP contribution is 2.04. The molecule has 0 aliphatic rings. The molecule has 0 aliphatic carbocycles. The first-order valence-corrected chi connectivity index (χ1v) is 4.06. The fraction of sp³-hybridized carbons (Fsp3) is 0.182. The van der Waals surface area contributed by atoms with Gasteiger partial charge in [0, 0.05) is 0 Å². The molecule has 2 nitrogen and oxygen atoms in total. The van der Waals surface area contributed by atoms with Crippen LogP contribution < -0.4 is 0 Å². The van der Waals surface area contributed by atoms with Gasteiger partial charge in [-0.1, -0.05) is 19.1 Å². The van der Waals surface area contributed by atoms with Gasteiger partial charge in [-0.3, -0.25) is 0 Å². The number of hydrogen-bond acceptors (Lipinski definition) is 1. The molecule has 70 valence electrons. The number of carboxylic acids is 1. The summed E-state index contributed by atoms with van der Waals surface area (Å²) in [5.74, 6) is -0.868. The number of benzene rings is 1. The Kier molecular flexibility index (Phi) is 5.28. The fourth-order valence-electron chi connectivity index (χ4n) is 0.883. The summed E-state index contributed by atoms with van der Waals surface area (Å²) >= 11 is 0. The van der Waals surface area contributed by atoms with E-state index in [9.17, 15) is 4.79 Å². The summed E-state index contributed by atoms with van der Waals surface area (Å²) in [5.41, 5.74) is 1.51. The standard InChI is InChI=1S/C9H10O2.C2H4/c1-2-7-3-5-8(6-4-7)9(10)11;1-2/h3-6H,2H2,1H3,(H,10,11);1-2H2. The molecule has 0 atom stereocenters. The van der Waals surface area contributed by atoms with Gasteiger partial charge in [0.2, 0.25) is 0 Å². The molecule has 0 spiro atoms. The second-order valence-corrected chi connectivity index (χ2v) is 2.36. The van der Waals surface area contributed by atoms with Crippen LogP contribution in [0.3, 0.4) is 0 Å². The van der Waals surface area contributed by atoms with Crippen LogP contribution >= 0.6 is 0 Å². The van der Waals surface area contributed by atoms with E-state index in [0.717, 1.165) is 12.0 Å². The highest BCUT2D eigenvalue weighted by atomic mass is 16.4. The Labute approximate surface area is 78.5 Å². The SMILES string of the molecule is C=C.CCc1ccc(C(=O)O)cc1. The van der Waals surface area contributed by atoms with Crippen LogP contribution in [-0.2, 0) is 6.42 Å². The van der Waals surface area contributed by atoms with Crippen LogP contribution in [-0.4, -0.2) is 11.1 Å². The summed E-state index contributed by atoms with van der Waals surface area (Å²) < 4.78 is 0. The molecule has 0 aliphatic heterocycles. The predicted molar refractivity (Wildman–Crippen MR) is 54.0 cm³/mol. The first-order chi connectivity index (χ1) is 6.24. The van der Waals surface area contributed by atoms with E-state index in [1.807, 2.05) is 19.1 Å². The Hall–Kier alpha value is -1.57. The lowest BCUT2D eigenvalue weighted by Crippen LogP contribution is -1.95. The molecule has 0 saturated carbocycles. The van der Waals surface area contributed by atoms with Crippen LogP contribution in [0.15, 0.2) is 37.4 Å². The van der Waals surface area contributed by atoms with E-state index in [1.54, 1.807) is 12.1 Å².